The predicted molar refractivity (Wildman–Crippen MR) is 54.8 cm³/mol. The standard InChI is InChI=1S/C6H2Br2ClF3S/c7-4(6(10,11)12)3-1-2(9)5(8)13-3/h1,4H. The van der Waals surface area contributed by atoms with Crippen molar-refractivity contribution >= 4 is 54.8 Å². The number of hydrogen-bond donors (Lipinski definition) is 0. The van der Waals surface area contributed by atoms with E-state index < -0.39 is 11.0 Å². The first-order chi connectivity index (χ1) is 5.82. The van der Waals surface area contributed by atoms with Crippen molar-refractivity contribution in [3.63, 3.8) is 0 Å². The summed E-state index contributed by atoms with van der Waals surface area (Å²) < 4.78 is 37.0. The Balaban J connectivity index is 2.96. The molecule has 0 aliphatic rings. The second-order valence-corrected chi connectivity index (χ2v) is 5.90. The smallest absolute Gasteiger partial charge is 0.169 e. The minimum atomic E-state index is -4.28. The molecule has 1 atom stereocenters. The number of hydrogen-bond acceptors (Lipinski definition) is 1. The van der Waals surface area contributed by atoms with Crippen LogP contribution in [-0.2, 0) is 0 Å². The van der Waals surface area contributed by atoms with Crippen molar-refractivity contribution in [2.45, 2.75) is 11.0 Å². The normalized spacial score (nSPS) is 14.6. The SMILES string of the molecule is FC(F)(F)C(Br)c1cc(Cl)c(Br)s1. The average molecular weight is 358 g/mol. The van der Waals surface area contributed by atoms with E-state index in [4.69, 9.17) is 11.6 Å². The molecule has 1 aromatic rings. The molecular weight excluding hydrogens is 356 g/mol. The van der Waals surface area contributed by atoms with E-state index in [9.17, 15) is 13.2 Å². The summed E-state index contributed by atoms with van der Waals surface area (Å²) >= 11 is 12.2. The summed E-state index contributed by atoms with van der Waals surface area (Å²) in [6.07, 6.45) is -4.28. The van der Waals surface area contributed by atoms with Crippen molar-refractivity contribution in [2.75, 3.05) is 0 Å². The number of alkyl halides is 4. The van der Waals surface area contributed by atoms with Gasteiger partial charge in [0, 0.05) is 4.88 Å². The molecule has 0 N–H and O–H groups in total. The molecule has 0 radical (unpaired) electrons. The van der Waals surface area contributed by atoms with Crippen molar-refractivity contribution in [3.05, 3.63) is 19.8 Å². The lowest BCUT2D eigenvalue weighted by atomic mass is 10.3. The fourth-order valence-electron chi connectivity index (χ4n) is 0.650. The Bertz CT molecular complexity index is 290. The molecule has 13 heavy (non-hydrogen) atoms. The fourth-order valence-corrected chi connectivity index (χ4v) is 2.81. The Morgan fingerprint density at radius 1 is 1.46 bits per heavy atom. The topological polar surface area (TPSA) is 0 Å². The van der Waals surface area contributed by atoms with Crippen LogP contribution >= 0.6 is 54.8 Å². The molecular formula is C6H2Br2ClF3S. The van der Waals surface area contributed by atoms with E-state index in [2.05, 4.69) is 31.9 Å². The van der Waals surface area contributed by atoms with Crippen molar-refractivity contribution < 1.29 is 13.2 Å². The van der Waals surface area contributed by atoms with Crippen molar-refractivity contribution in [1.82, 2.24) is 0 Å². The van der Waals surface area contributed by atoms with Crippen LogP contribution < -0.4 is 0 Å². The first kappa shape index (κ1) is 11.8. The maximum absolute atomic E-state index is 12.2. The van der Waals surface area contributed by atoms with Crippen LogP contribution in [0.15, 0.2) is 9.85 Å². The van der Waals surface area contributed by atoms with E-state index in [0.717, 1.165) is 11.3 Å². The third kappa shape index (κ3) is 2.84. The molecule has 74 valence electrons. The van der Waals surface area contributed by atoms with Gasteiger partial charge in [-0.15, -0.1) is 11.3 Å². The highest BCUT2D eigenvalue weighted by Gasteiger charge is 2.40. The average Bonchev–Trinajstić information content (AvgIpc) is 2.29. The zero-order valence-corrected chi connectivity index (χ0v) is 10.6. The lowest BCUT2D eigenvalue weighted by Gasteiger charge is -2.11. The molecule has 7 heteroatoms. The van der Waals surface area contributed by atoms with Crippen LogP contribution in [0.1, 0.15) is 9.70 Å². The molecule has 0 aromatic carbocycles. The second-order valence-electron chi connectivity index (χ2n) is 2.17. The number of thiophene rings is 1. The lowest BCUT2D eigenvalue weighted by Crippen LogP contribution is -2.13. The van der Waals surface area contributed by atoms with Gasteiger partial charge >= 0.3 is 6.18 Å². The van der Waals surface area contributed by atoms with Gasteiger partial charge in [0.2, 0.25) is 0 Å². The lowest BCUT2D eigenvalue weighted by molar-refractivity contribution is -0.127. The molecule has 0 fully saturated rings. The van der Waals surface area contributed by atoms with Crippen LogP contribution in [0.2, 0.25) is 5.02 Å². The molecule has 1 heterocycles. The third-order valence-corrected chi connectivity index (χ3v) is 5.06. The Morgan fingerprint density at radius 2 is 2.00 bits per heavy atom. The molecule has 0 aliphatic carbocycles. The van der Waals surface area contributed by atoms with Crippen LogP contribution in [0.4, 0.5) is 13.2 Å². The number of rotatable bonds is 1. The van der Waals surface area contributed by atoms with E-state index in [1.165, 1.54) is 6.07 Å². The van der Waals surface area contributed by atoms with Gasteiger partial charge in [0.05, 0.1) is 8.81 Å². The van der Waals surface area contributed by atoms with Crippen LogP contribution in [0.25, 0.3) is 0 Å². The number of halogens is 6. The van der Waals surface area contributed by atoms with Gasteiger partial charge in [-0.05, 0) is 22.0 Å². The summed E-state index contributed by atoms with van der Waals surface area (Å²) in [7, 11) is 0. The molecule has 1 rings (SSSR count). The molecule has 1 unspecified atom stereocenters. The summed E-state index contributed by atoms with van der Waals surface area (Å²) in [6, 6.07) is 1.29. The summed E-state index contributed by atoms with van der Waals surface area (Å²) in [5, 5.41) is 0.300. The molecule has 0 amide bonds. The van der Waals surface area contributed by atoms with E-state index in [1.54, 1.807) is 0 Å². The Labute approximate surface area is 98.3 Å². The van der Waals surface area contributed by atoms with Crippen LogP contribution in [0, 0.1) is 0 Å². The van der Waals surface area contributed by atoms with Gasteiger partial charge in [0.15, 0.2) is 0 Å². The van der Waals surface area contributed by atoms with Crippen LogP contribution in [0.5, 0.6) is 0 Å². The summed E-state index contributed by atoms with van der Waals surface area (Å²) in [6.45, 7) is 0. The van der Waals surface area contributed by atoms with Gasteiger partial charge in [0.25, 0.3) is 0 Å². The third-order valence-electron chi connectivity index (χ3n) is 1.20. The Morgan fingerprint density at radius 3 is 2.31 bits per heavy atom. The highest BCUT2D eigenvalue weighted by molar-refractivity contribution is 9.11. The maximum Gasteiger partial charge on any atom is 0.405 e. The molecule has 0 spiro atoms. The van der Waals surface area contributed by atoms with E-state index in [-0.39, 0.29) is 4.88 Å². The van der Waals surface area contributed by atoms with Crippen LogP contribution in [0.3, 0.4) is 0 Å². The largest absolute Gasteiger partial charge is 0.405 e. The zero-order valence-electron chi connectivity index (χ0n) is 5.83. The molecule has 1 aromatic heterocycles. The van der Waals surface area contributed by atoms with E-state index >= 15 is 0 Å². The summed E-state index contributed by atoms with van der Waals surface area (Å²) in [5.74, 6) is 0. The van der Waals surface area contributed by atoms with Crippen LogP contribution in [-0.4, -0.2) is 6.18 Å². The second kappa shape index (κ2) is 4.08. The summed E-state index contributed by atoms with van der Waals surface area (Å²) in [4.78, 5) is -1.50. The van der Waals surface area contributed by atoms with E-state index in [0.29, 0.717) is 8.81 Å². The van der Waals surface area contributed by atoms with Gasteiger partial charge < -0.3 is 0 Å². The van der Waals surface area contributed by atoms with Crippen molar-refractivity contribution in [1.29, 1.82) is 0 Å². The minimum Gasteiger partial charge on any atom is -0.169 e. The molecule has 0 saturated heterocycles. The van der Waals surface area contributed by atoms with Gasteiger partial charge in [-0.1, -0.05) is 27.5 Å². The minimum absolute atomic E-state index is 0.143. The maximum atomic E-state index is 12.2. The molecule has 0 saturated carbocycles. The fraction of sp³-hybridized carbons (Fsp3) is 0.333. The van der Waals surface area contributed by atoms with Gasteiger partial charge in [-0.3, -0.25) is 0 Å². The van der Waals surface area contributed by atoms with E-state index in [1.807, 2.05) is 0 Å². The van der Waals surface area contributed by atoms with Gasteiger partial charge in [0.1, 0.15) is 4.83 Å². The quantitative estimate of drug-likeness (QED) is 0.608. The van der Waals surface area contributed by atoms with Gasteiger partial charge in [-0.2, -0.15) is 13.2 Å². The highest BCUT2D eigenvalue weighted by Crippen LogP contribution is 2.45. The first-order valence-corrected chi connectivity index (χ1v) is 5.88. The monoisotopic (exact) mass is 356 g/mol. The molecule has 0 bridgehead atoms. The first-order valence-electron chi connectivity index (χ1n) is 2.98. The highest BCUT2D eigenvalue weighted by atomic mass is 79.9. The van der Waals surface area contributed by atoms with Crippen molar-refractivity contribution in [3.8, 4) is 0 Å². The Hall–Kier alpha value is 0.740. The summed E-state index contributed by atoms with van der Waals surface area (Å²) in [5.41, 5.74) is 0. The predicted octanol–water partition coefficient (Wildman–Crippen LogP) is 5.16. The molecule has 0 nitrogen and oxygen atoms in total. The zero-order chi connectivity index (χ0) is 10.2. The Kier molecular flexibility index (Phi) is 3.71. The van der Waals surface area contributed by atoms with Gasteiger partial charge in [-0.25, -0.2) is 0 Å². The molecule has 0 aliphatic heterocycles. The van der Waals surface area contributed by atoms with Crippen molar-refractivity contribution in [2.24, 2.45) is 0 Å².